The molecule has 10 aromatic carbocycles. The van der Waals surface area contributed by atoms with Crippen LogP contribution in [-0.2, 0) is 0 Å². The minimum atomic E-state index is 1.12. The molecule has 0 amide bonds. The van der Waals surface area contributed by atoms with Gasteiger partial charge in [0.15, 0.2) is 0 Å². The summed E-state index contributed by atoms with van der Waals surface area (Å²) in [6.07, 6.45) is 0. The molecule has 67 heavy (non-hydrogen) atoms. The molecule has 0 saturated carbocycles. The molecule has 0 fully saturated rings. The third kappa shape index (κ3) is 8.60. The molecule has 0 N–H and O–H groups in total. The Bertz CT molecular complexity index is 3010. The highest BCUT2D eigenvalue weighted by molar-refractivity contribution is 7.20. The van der Waals surface area contributed by atoms with Crippen LogP contribution in [0.4, 0.5) is 34.1 Å². The summed E-state index contributed by atoms with van der Waals surface area (Å²) in [6.45, 7) is 0. The first-order chi connectivity index (χ1) is 33.2. The van der Waals surface area contributed by atoms with Crippen molar-refractivity contribution in [1.82, 2.24) is 0 Å². The Balaban J connectivity index is 0.937. The molecule has 3 heteroatoms. The van der Waals surface area contributed by atoms with Crippen molar-refractivity contribution in [3.63, 3.8) is 0 Å². The minimum absolute atomic E-state index is 1.12. The number of hydrogen-bond acceptors (Lipinski definition) is 3. The van der Waals surface area contributed by atoms with E-state index < -0.39 is 0 Å². The molecule has 2 nitrogen and oxygen atoms in total. The van der Waals surface area contributed by atoms with Crippen LogP contribution in [0.2, 0.25) is 0 Å². The zero-order valence-electron chi connectivity index (χ0n) is 36.9. The van der Waals surface area contributed by atoms with E-state index >= 15 is 0 Å². The molecule has 0 atom stereocenters. The number of anilines is 6. The SMILES string of the molecule is c1ccc(-c2c(-c3ccc(-c4ccc(N(c5ccccc5)c5ccccc5)cc4)cc3)sc(-c3ccc(-c4ccc(N(c5ccccc5)c5ccccc5)cc4)cc3)c2-c2ccccc2)cc1. The number of nitrogens with zero attached hydrogens (tertiary/aromatic N) is 2. The number of hydrogen-bond donors (Lipinski definition) is 0. The van der Waals surface area contributed by atoms with Gasteiger partial charge >= 0.3 is 0 Å². The van der Waals surface area contributed by atoms with Gasteiger partial charge in [-0.15, -0.1) is 11.3 Å². The third-order valence-corrected chi connectivity index (χ3v) is 13.6. The molecule has 11 aromatic rings. The van der Waals surface area contributed by atoms with Crippen molar-refractivity contribution in [2.24, 2.45) is 0 Å². The Morgan fingerprint density at radius 2 is 0.388 bits per heavy atom. The summed E-state index contributed by atoms with van der Waals surface area (Å²) in [5, 5.41) is 0. The molecule has 0 aliphatic heterocycles. The van der Waals surface area contributed by atoms with Crippen molar-refractivity contribution < 1.29 is 0 Å². The number of para-hydroxylation sites is 4. The van der Waals surface area contributed by atoms with Gasteiger partial charge in [0, 0.05) is 55.0 Å². The van der Waals surface area contributed by atoms with Crippen LogP contribution in [0.25, 0.3) is 65.4 Å². The first-order valence-corrected chi connectivity index (χ1v) is 23.6. The molecule has 1 aromatic heterocycles. The van der Waals surface area contributed by atoms with Crippen molar-refractivity contribution in [2.45, 2.75) is 0 Å². The van der Waals surface area contributed by atoms with Gasteiger partial charge in [-0.1, -0.05) is 206 Å². The molecule has 0 bridgehead atoms. The summed E-state index contributed by atoms with van der Waals surface area (Å²) >= 11 is 1.88. The zero-order chi connectivity index (χ0) is 44.8. The molecule has 0 radical (unpaired) electrons. The van der Waals surface area contributed by atoms with Gasteiger partial charge in [0.05, 0.1) is 0 Å². The second-order valence-corrected chi connectivity index (χ2v) is 17.5. The summed E-state index contributed by atoms with van der Waals surface area (Å²) < 4.78 is 0. The number of benzene rings is 10. The van der Waals surface area contributed by atoms with Crippen LogP contribution in [0, 0.1) is 0 Å². The maximum Gasteiger partial charge on any atom is 0.0462 e. The molecular formula is C64H46N2S. The lowest BCUT2D eigenvalue weighted by Gasteiger charge is -2.25. The van der Waals surface area contributed by atoms with Crippen molar-refractivity contribution in [3.05, 3.63) is 279 Å². The van der Waals surface area contributed by atoms with Gasteiger partial charge in [-0.2, -0.15) is 0 Å². The predicted molar refractivity (Wildman–Crippen MR) is 286 cm³/mol. The van der Waals surface area contributed by atoms with Crippen molar-refractivity contribution in [2.75, 3.05) is 9.80 Å². The standard InChI is InChI=1S/C64H46N2S/c1-7-19-51(20-8-1)61-62(52-21-9-2-10-22-52)64(54-37-33-48(34-38-54)50-41-45-60(46-42-50)66(57-27-15-5-16-28-57)58-29-17-6-18-30-58)67-63(61)53-35-31-47(32-36-53)49-39-43-59(44-40-49)65(55-23-11-3-12-24-55)56-25-13-4-14-26-56/h1-46H. The predicted octanol–water partition coefficient (Wildman–Crippen LogP) is 18.7. The molecule has 318 valence electrons. The average molecular weight is 875 g/mol. The quantitative estimate of drug-likeness (QED) is 0.121. The van der Waals surface area contributed by atoms with E-state index in [1.807, 2.05) is 11.3 Å². The summed E-state index contributed by atoms with van der Waals surface area (Å²) in [6, 6.07) is 100. The molecular weight excluding hydrogens is 829 g/mol. The van der Waals surface area contributed by atoms with E-state index in [9.17, 15) is 0 Å². The van der Waals surface area contributed by atoms with Crippen LogP contribution >= 0.6 is 11.3 Å². The van der Waals surface area contributed by atoms with E-state index in [0.29, 0.717) is 0 Å². The fourth-order valence-electron chi connectivity index (χ4n) is 9.03. The molecule has 0 spiro atoms. The van der Waals surface area contributed by atoms with E-state index in [2.05, 4.69) is 289 Å². The number of rotatable bonds is 12. The fraction of sp³-hybridized carbons (Fsp3) is 0. The van der Waals surface area contributed by atoms with Crippen LogP contribution in [0.5, 0.6) is 0 Å². The van der Waals surface area contributed by atoms with Crippen LogP contribution in [0.3, 0.4) is 0 Å². The van der Waals surface area contributed by atoms with E-state index in [1.165, 1.54) is 65.4 Å². The van der Waals surface area contributed by atoms with E-state index in [-0.39, 0.29) is 0 Å². The second kappa shape index (κ2) is 18.9. The molecule has 0 saturated heterocycles. The van der Waals surface area contributed by atoms with E-state index in [1.54, 1.807) is 0 Å². The summed E-state index contributed by atoms with van der Waals surface area (Å²) in [5.74, 6) is 0. The lowest BCUT2D eigenvalue weighted by atomic mass is 9.91. The van der Waals surface area contributed by atoms with Gasteiger partial charge in [-0.05, 0) is 117 Å². The monoisotopic (exact) mass is 874 g/mol. The maximum atomic E-state index is 2.30. The van der Waals surface area contributed by atoms with Gasteiger partial charge in [-0.25, -0.2) is 0 Å². The summed E-state index contributed by atoms with van der Waals surface area (Å²) in [4.78, 5) is 7.11. The maximum absolute atomic E-state index is 2.30. The Hall–Kier alpha value is -8.50. The molecule has 0 aliphatic rings. The Morgan fingerprint density at radius 3 is 0.657 bits per heavy atom. The second-order valence-electron chi connectivity index (χ2n) is 16.5. The van der Waals surface area contributed by atoms with E-state index in [0.717, 1.165) is 34.1 Å². The van der Waals surface area contributed by atoms with Crippen LogP contribution < -0.4 is 9.80 Å². The summed E-state index contributed by atoms with van der Waals surface area (Å²) in [5.41, 5.74) is 18.8. The highest BCUT2D eigenvalue weighted by Gasteiger charge is 2.24. The van der Waals surface area contributed by atoms with Crippen LogP contribution in [-0.4, -0.2) is 0 Å². The van der Waals surface area contributed by atoms with Crippen LogP contribution in [0.15, 0.2) is 279 Å². The van der Waals surface area contributed by atoms with Crippen molar-refractivity contribution in [3.8, 4) is 65.4 Å². The number of thiophene rings is 1. The van der Waals surface area contributed by atoms with Crippen molar-refractivity contribution >= 4 is 45.5 Å². The van der Waals surface area contributed by atoms with Gasteiger partial charge in [0.1, 0.15) is 0 Å². The van der Waals surface area contributed by atoms with Gasteiger partial charge in [0.2, 0.25) is 0 Å². The third-order valence-electron chi connectivity index (χ3n) is 12.3. The highest BCUT2D eigenvalue weighted by atomic mass is 32.1. The topological polar surface area (TPSA) is 6.48 Å². The lowest BCUT2D eigenvalue weighted by molar-refractivity contribution is 1.28. The largest absolute Gasteiger partial charge is 0.311 e. The molecule has 0 aliphatic carbocycles. The Morgan fingerprint density at radius 1 is 0.179 bits per heavy atom. The molecule has 11 rings (SSSR count). The highest BCUT2D eigenvalue weighted by Crippen LogP contribution is 2.52. The van der Waals surface area contributed by atoms with Crippen LogP contribution in [0.1, 0.15) is 0 Å². The molecule has 1 heterocycles. The fourth-order valence-corrected chi connectivity index (χ4v) is 10.4. The molecule has 0 unspecified atom stereocenters. The Labute approximate surface area is 397 Å². The Kier molecular flexibility index (Phi) is 11.6. The zero-order valence-corrected chi connectivity index (χ0v) is 37.7. The van der Waals surface area contributed by atoms with E-state index in [4.69, 9.17) is 0 Å². The van der Waals surface area contributed by atoms with Gasteiger partial charge in [0.25, 0.3) is 0 Å². The normalized spacial score (nSPS) is 11.0. The van der Waals surface area contributed by atoms with Gasteiger partial charge in [-0.3, -0.25) is 0 Å². The van der Waals surface area contributed by atoms with Gasteiger partial charge < -0.3 is 9.80 Å². The smallest absolute Gasteiger partial charge is 0.0462 e. The average Bonchev–Trinajstić information content (AvgIpc) is 3.82. The summed E-state index contributed by atoms with van der Waals surface area (Å²) in [7, 11) is 0. The first kappa shape index (κ1) is 41.2. The lowest BCUT2D eigenvalue weighted by Crippen LogP contribution is -2.09. The first-order valence-electron chi connectivity index (χ1n) is 22.7. The minimum Gasteiger partial charge on any atom is -0.311 e. The van der Waals surface area contributed by atoms with Crippen molar-refractivity contribution in [1.29, 1.82) is 0 Å².